The van der Waals surface area contributed by atoms with Crippen LogP contribution in [0.2, 0.25) is 0 Å². The first kappa shape index (κ1) is 20.9. The second kappa shape index (κ2) is 8.59. The molecule has 5 N–H and O–H groups in total. The lowest BCUT2D eigenvalue weighted by Crippen LogP contribution is -2.30. The third kappa shape index (κ3) is 3.83. The number of nitrogens with one attached hydrogen (secondary N) is 5. The summed E-state index contributed by atoms with van der Waals surface area (Å²) in [6.07, 6.45) is 11.9. The summed E-state index contributed by atoms with van der Waals surface area (Å²) < 4.78 is 0. The second-order valence-electron chi connectivity index (χ2n) is 9.67. The molecule has 0 saturated carbocycles. The molecule has 1 unspecified atom stereocenters. The van der Waals surface area contributed by atoms with Crippen molar-refractivity contribution < 1.29 is 0 Å². The zero-order valence-corrected chi connectivity index (χ0v) is 19.8. The van der Waals surface area contributed by atoms with Crippen LogP contribution < -0.4 is 26.2 Å². The van der Waals surface area contributed by atoms with Gasteiger partial charge in [-0.1, -0.05) is 6.07 Å². The highest BCUT2D eigenvalue weighted by Gasteiger charge is 2.29. The van der Waals surface area contributed by atoms with Gasteiger partial charge in [0.2, 0.25) is 0 Å². The highest BCUT2D eigenvalue weighted by molar-refractivity contribution is 5.91. The summed E-state index contributed by atoms with van der Waals surface area (Å²) in [6.45, 7) is 7.32. The molecule has 1 atom stereocenters. The quantitative estimate of drug-likeness (QED) is 0.391. The average molecular weight is 457 g/mol. The number of hydrogen-bond acceptors (Lipinski definition) is 7. The molecule has 0 bridgehead atoms. The van der Waals surface area contributed by atoms with Crippen molar-refractivity contribution in [3.63, 3.8) is 0 Å². The predicted octanol–water partition coefficient (Wildman–Crippen LogP) is 4.31. The summed E-state index contributed by atoms with van der Waals surface area (Å²) >= 11 is 0. The lowest BCUT2D eigenvalue weighted by Gasteiger charge is -2.29. The van der Waals surface area contributed by atoms with Gasteiger partial charge in [0.05, 0.1) is 47.2 Å². The molecule has 3 aliphatic rings. The van der Waals surface area contributed by atoms with Crippen LogP contribution in [-0.4, -0.2) is 40.9 Å². The van der Waals surface area contributed by atoms with Crippen molar-refractivity contribution in [3.8, 4) is 0 Å². The molecule has 0 aliphatic carbocycles. The van der Waals surface area contributed by atoms with E-state index in [-0.39, 0.29) is 6.17 Å². The van der Waals surface area contributed by atoms with Crippen LogP contribution in [-0.2, 0) is 0 Å². The predicted molar refractivity (Wildman–Crippen MR) is 139 cm³/mol. The normalized spacial score (nSPS) is 19.7. The van der Waals surface area contributed by atoms with Crippen LogP contribution >= 0.6 is 0 Å². The molecule has 0 radical (unpaired) electrons. The molecule has 0 spiro atoms. The molecule has 1 fully saturated rings. The number of nitrogens with zero attached hydrogens (tertiary/aromatic N) is 3. The van der Waals surface area contributed by atoms with Gasteiger partial charge in [0.1, 0.15) is 6.17 Å². The van der Waals surface area contributed by atoms with Gasteiger partial charge < -0.3 is 26.2 Å². The van der Waals surface area contributed by atoms with Crippen LogP contribution in [0.25, 0.3) is 16.5 Å². The first-order valence-electron chi connectivity index (χ1n) is 12.3. The van der Waals surface area contributed by atoms with E-state index in [2.05, 4.69) is 85.7 Å². The van der Waals surface area contributed by atoms with Gasteiger partial charge in [-0.05, 0) is 62.5 Å². The van der Waals surface area contributed by atoms with E-state index in [1.54, 1.807) is 0 Å². The highest BCUT2D eigenvalue weighted by atomic mass is 15.3. The van der Waals surface area contributed by atoms with E-state index in [0.29, 0.717) is 6.04 Å². The summed E-state index contributed by atoms with van der Waals surface area (Å²) in [7, 11) is 0. The van der Waals surface area contributed by atoms with E-state index in [1.807, 2.05) is 12.4 Å². The largest absolute Gasteiger partial charge is 0.385 e. The van der Waals surface area contributed by atoms with Gasteiger partial charge in [-0.3, -0.25) is 10.1 Å². The monoisotopic (exact) mass is 456 g/mol. The van der Waals surface area contributed by atoms with Crippen molar-refractivity contribution in [3.05, 3.63) is 59.8 Å². The summed E-state index contributed by atoms with van der Waals surface area (Å²) in [6, 6.07) is 6.86. The van der Waals surface area contributed by atoms with E-state index in [4.69, 9.17) is 0 Å². The topological polar surface area (TPSA) is 92.9 Å². The molecule has 3 aliphatic heterocycles. The first-order chi connectivity index (χ1) is 16.7. The van der Waals surface area contributed by atoms with E-state index >= 15 is 0 Å². The lowest BCUT2D eigenvalue weighted by atomic mass is 10.0. The number of aromatic amines is 1. The fraction of sp³-hybridized carbons (Fsp3) is 0.385. The van der Waals surface area contributed by atoms with E-state index in [1.165, 1.54) is 30.6 Å². The molecular formula is C26H32N8. The fourth-order valence-electron chi connectivity index (χ4n) is 5.18. The molecule has 34 heavy (non-hydrogen) atoms. The SMILES string of the molecule is CC(C)NC1=CC(c2ccc3n[nH]c(C4Nc5cncc(N6CCCCC6)c5N4)c3c2)=CNC1. The Labute approximate surface area is 199 Å². The Hall–Kier alpha value is -3.68. The van der Waals surface area contributed by atoms with E-state index in [0.717, 1.165) is 58.7 Å². The van der Waals surface area contributed by atoms with Gasteiger partial charge in [-0.2, -0.15) is 5.10 Å². The lowest BCUT2D eigenvalue weighted by molar-refractivity contribution is 0.578. The standard InChI is InChI=1S/C26H32N8/c1-16(2)29-19-10-18(12-27-13-19)17-6-7-21-20(11-17)24(33-32-21)26-30-22-14-28-15-23(25(22)31-26)34-8-4-3-5-9-34/h6-7,10-12,14-16,26-27,29-31H,3-5,8-9,13H2,1-2H3,(H,32,33). The van der Waals surface area contributed by atoms with E-state index in [9.17, 15) is 0 Å². The average Bonchev–Trinajstić information content (AvgIpc) is 3.48. The van der Waals surface area contributed by atoms with Gasteiger partial charge in [-0.15, -0.1) is 0 Å². The number of allylic oxidation sites excluding steroid dienone is 2. The Morgan fingerprint density at radius 3 is 2.82 bits per heavy atom. The maximum atomic E-state index is 4.59. The van der Waals surface area contributed by atoms with Crippen LogP contribution in [0.3, 0.4) is 0 Å². The Balaban J connectivity index is 1.30. The van der Waals surface area contributed by atoms with Crippen molar-refractivity contribution in [2.24, 2.45) is 0 Å². The molecule has 2 aromatic heterocycles. The fourth-order valence-corrected chi connectivity index (χ4v) is 5.18. The van der Waals surface area contributed by atoms with Gasteiger partial charge in [0, 0.05) is 36.4 Å². The van der Waals surface area contributed by atoms with Crippen LogP contribution in [0.4, 0.5) is 17.1 Å². The van der Waals surface area contributed by atoms with Crippen LogP contribution in [0, 0.1) is 0 Å². The molecule has 176 valence electrons. The molecule has 5 heterocycles. The molecular weight excluding hydrogens is 424 g/mol. The van der Waals surface area contributed by atoms with Gasteiger partial charge in [0.25, 0.3) is 0 Å². The van der Waals surface area contributed by atoms with Gasteiger partial charge >= 0.3 is 0 Å². The number of rotatable bonds is 5. The Bertz CT molecular complexity index is 1270. The number of aromatic nitrogens is 3. The highest BCUT2D eigenvalue weighted by Crippen LogP contribution is 2.42. The molecule has 8 heteroatoms. The van der Waals surface area contributed by atoms with Crippen molar-refractivity contribution >= 4 is 33.5 Å². The third-order valence-electron chi connectivity index (χ3n) is 6.77. The Morgan fingerprint density at radius 2 is 1.97 bits per heavy atom. The van der Waals surface area contributed by atoms with Crippen molar-refractivity contribution in [1.82, 2.24) is 25.8 Å². The van der Waals surface area contributed by atoms with Crippen LogP contribution in [0.1, 0.15) is 50.5 Å². The molecule has 0 amide bonds. The summed E-state index contributed by atoms with van der Waals surface area (Å²) in [5, 5.41) is 23.2. The molecule has 1 saturated heterocycles. The maximum Gasteiger partial charge on any atom is 0.141 e. The van der Waals surface area contributed by atoms with Crippen molar-refractivity contribution in [2.45, 2.75) is 45.3 Å². The summed E-state index contributed by atoms with van der Waals surface area (Å²) in [4.78, 5) is 6.97. The van der Waals surface area contributed by atoms with Crippen molar-refractivity contribution in [2.75, 3.05) is 35.2 Å². The first-order valence-corrected chi connectivity index (χ1v) is 12.3. The second-order valence-corrected chi connectivity index (χ2v) is 9.67. The molecule has 1 aromatic carbocycles. The Morgan fingerprint density at radius 1 is 1.09 bits per heavy atom. The minimum absolute atomic E-state index is 0.0878. The number of hydrogen-bond donors (Lipinski definition) is 5. The number of H-pyrrole nitrogens is 1. The number of anilines is 3. The van der Waals surface area contributed by atoms with Crippen LogP contribution in [0.15, 0.2) is 48.6 Å². The van der Waals surface area contributed by atoms with Gasteiger partial charge in [-0.25, -0.2) is 0 Å². The number of fused-ring (bicyclic) bond motifs is 2. The minimum atomic E-state index is -0.0878. The molecule has 6 rings (SSSR count). The van der Waals surface area contributed by atoms with Crippen LogP contribution in [0.5, 0.6) is 0 Å². The number of piperidine rings is 1. The zero-order valence-electron chi connectivity index (χ0n) is 19.8. The summed E-state index contributed by atoms with van der Waals surface area (Å²) in [5.41, 5.74) is 8.88. The molecule has 8 nitrogen and oxygen atoms in total. The Kier molecular flexibility index (Phi) is 5.28. The molecule has 3 aromatic rings. The van der Waals surface area contributed by atoms with Gasteiger partial charge in [0.15, 0.2) is 0 Å². The third-order valence-corrected chi connectivity index (χ3v) is 6.77. The smallest absolute Gasteiger partial charge is 0.141 e. The summed E-state index contributed by atoms with van der Waals surface area (Å²) in [5.74, 6) is 0. The zero-order chi connectivity index (χ0) is 23.1. The van der Waals surface area contributed by atoms with E-state index < -0.39 is 0 Å². The minimum Gasteiger partial charge on any atom is -0.385 e. The maximum absolute atomic E-state index is 4.59. The number of pyridine rings is 1. The number of benzene rings is 1. The number of dihydropyridines is 1. The van der Waals surface area contributed by atoms with Crippen molar-refractivity contribution in [1.29, 1.82) is 0 Å².